The number of nitrogens with one attached hydrogen (secondary N) is 2. The zero-order chi connectivity index (χ0) is 12.5. The molecule has 1 fully saturated rings. The molecule has 0 spiro atoms. The van der Waals surface area contributed by atoms with Crippen LogP contribution in [0.5, 0.6) is 0 Å². The third-order valence-electron chi connectivity index (χ3n) is 2.91. The maximum Gasteiger partial charge on any atom is 0.243 e. The van der Waals surface area contributed by atoms with E-state index in [1.165, 1.54) is 0 Å². The molecule has 0 bridgehead atoms. The van der Waals surface area contributed by atoms with Crippen molar-refractivity contribution in [2.45, 2.75) is 18.9 Å². The summed E-state index contributed by atoms with van der Waals surface area (Å²) in [6.07, 6.45) is 3.21. The van der Waals surface area contributed by atoms with E-state index in [1.807, 2.05) is 18.3 Å². The van der Waals surface area contributed by atoms with Crippen LogP contribution in [-0.2, 0) is 4.79 Å². The lowest BCUT2D eigenvalue weighted by Crippen LogP contribution is -2.42. The van der Waals surface area contributed by atoms with Gasteiger partial charge in [0.05, 0.1) is 4.47 Å². The van der Waals surface area contributed by atoms with Crippen molar-refractivity contribution in [3.8, 4) is 0 Å². The lowest BCUT2D eigenvalue weighted by Gasteiger charge is -2.22. The molecule has 3 heterocycles. The fourth-order valence-corrected chi connectivity index (χ4v) is 2.40. The van der Waals surface area contributed by atoms with E-state index in [0.717, 1.165) is 16.5 Å². The van der Waals surface area contributed by atoms with Crippen LogP contribution in [0.15, 0.2) is 22.8 Å². The SMILES string of the molecule is O=C1CCC(Nc2nc3c(Br)cccn3n2)CN1. The smallest absolute Gasteiger partial charge is 0.243 e. The van der Waals surface area contributed by atoms with Crippen LogP contribution in [0.4, 0.5) is 5.95 Å². The van der Waals surface area contributed by atoms with E-state index in [-0.39, 0.29) is 11.9 Å². The molecule has 0 aliphatic carbocycles. The highest BCUT2D eigenvalue weighted by Crippen LogP contribution is 2.17. The van der Waals surface area contributed by atoms with Crippen LogP contribution in [0.2, 0.25) is 0 Å². The molecule has 0 saturated carbocycles. The molecule has 2 aromatic heterocycles. The number of piperidine rings is 1. The second-order valence-corrected chi connectivity index (χ2v) is 5.10. The minimum absolute atomic E-state index is 0.110. The van der Waals surface area contributed by atoms with Crippen LogP contribution in [0.3, 0.4) is 0 Å². The molecular weight excluding hydrogens is 298 g/mol. The molecule has 6 nitrogen and oxygen atoms in total. The Kier molecular flexibility index (Phi) is 2.91. The monoisotopic (exact) mass is 309 g/mol. The molecule has 3 rings (SSSR count). The molecule has 1 aliphatic heterocycles. The van der Waals surface area contributed by atoms with E-state index in [9.17, 15) is 4.79 Å². The molecule has 0 aromatic carbocycles. The number of fused-ring (bicyclic) bond motifs is 1. The summed E-state index contributed by atoms with van der Waals surface area (Å²) in [4.78, 5) is 15.5. The van der Waals surface area contributed by atoms with E-state index < -0.39 is 0 Å². The Morgan fingerprint density at radius 1 is 1.56 bits per heavy atom. The largest absolute Gasteiger partial charge is 0.354 e. The Bertz CT molecular complexity index is 586. The summed E-state index contributed by atoms with van der Waals surface area (Å²) in [5.74, 6) is 0.696. The first kappa shape index (κ1) is 11.5. The van der Waals surface area contributed by atoms with Gasteiger partial charge < -0.3 is 10.6 Å². The Morgan fingerprint density at radius 2 is 2.44 bits per heavy atom. The van der Waals surface area contributed by atoms with Gasteiger partial charge >= 0.3 is 0 Å². The number of carbonyl (C=O) groups excluding carboxylic acids is 1. The number of rotatable bonds is 2. The molecule has 94 valence electrons. The molecule has 1 atom stereocenters. The van der Waals surface area contributed by atoms with Crippen molar-refractivity contribution in [2.75, 3.05) is 11.9 Å². The van der Waals surface area contributed by atoms with Crippen molar-refractivity contribution in [3.63, 3.8) is 0 Å². The average molecular weight is 310 g/mol. The quantitative estimate of drug-likeness (QED) is 0.874. The number of halogens is 1. The number of carbonyl (C=O) groups is 1. The minimum Gasteiger partial charge on any atom is -0.354 e. The third-order valence-corrected chi connectivity index (χ3v) is 3.53. The van der Waals surface area contributed by atoms with Gasteiger partial charge in [-0.25, -0.2) is 4.52 Å². The van der Waals surface area contributed by atoms with Crippen LogP contribution < -0.4 is 10.6 Å². The van der Waals surface area contributed by atoms with Crippen LogP contribution in [0.25, 0.3) is 5.65 Å². The average Bonchev–Trinajstić information content (AvgIpc) is 2.76. The van der Waals surface area contributed by atoms with E-state index >= 15 is 0 Å². The van der Waals surface area contributed by atoms with Crippen LogP contribution >= 0.6 is 15.9 Å². The number of hydrogen-bond acceptors (Lipinski definition) is 4. The maximum atomic E-state index is 11.1. The number of nitrogens with zero attached hydrogens (tertiary/aromatic N) is 3. The third kappa shape index (κ3) is 2.17. The normalized spacial score (nSPS) is 19.8. The van der Waals surface area contributed by atoms with Gasteiger partial charge in [0.15, 0.2) is 5.65 Å². The molecule has 1 saturated heterocycles. The van der Waals surface area contributed by atoms with Crippen molar-refractivity contribution in [1.82, 2.24) is 19.9 Å². The lowest BCUT2D eigenvalue weighted by atomic mass is 10.1. The van der Waals surface area contributed by atoms with E-state index in [0.29, 0.717) is 18.9 Å². The van der Waals surface area contributed by atoms with Crippen LogP contribution in [0.1, 0.15) is 12.8 Å². The van der Waals surface area contributed by atoms with Crippen molar-refractivity contribution >= 4 is 33.4 Å². The summed E-state index contributed by atoms with van der Waals surface area (Å²) in [5, 5.41) is 10.4. The predicted octanol–water partition coefficient (Wildman–Crippen LogP) is 1.18. The first-order chi connectivity index (χ1) is 8.72. The second kappa shape index (κ2) is 4.56. The molecule has 1 aliphatic rings. The molecular formula is C11H12BrN5O. The van der Waals surface area contributed by atoms with Crippen molar-refractivity contribution < 1.29 is 4.79 Å². The topological polar surface area (TPSA) is 71.3 Å². The van der Waals surface area contributed by atoms with E-state index in [4.69, 9.17) is 0 Å². The summed E-state index contributed by atoms with van der Waals surface area (Å²) in [6, 6.07) is 4.02. The molecule has 1 amide bonds. The van der Waals surface area contributed by atoms with Gasteiger partial charge in [0.1, 0.15) is 0 Å². The van der Waals surface area contributed by atoms with Gasteiger partial charge in [-0.1, -0.05) is 0 Å². The summed E-state index contributed by atoms with van der Waals surface area (Å²) in [6.45, 7) is 0.621. The molecule has 0 radical (unpaired) electrons. The number of pyridine rings is 1. The zero-order valence-electron chi connectivity index (χ0n) is 9.56. The van der Waals surface area contributed by atoms with Crippen LogP contribution in [-0.4, -0.2) is 33.1 Å². The Labute approximate surface area is 112 Å². The highest BCUT2D eigenvalue weighted by atomic mass is 79.9. The van der Waals surface area contributed by atoms with Gasteiger partial charge in [-0.3, -0.25) is 4.79 Å². The van der Waals surface area contributed by atoms with Gasteiger partial charge in [-0.15, -0.1) is 5.10 Å². The number of hydrogen-bond donors (Lipinski definition) is 2. The first-order valence-electron chi connectivity index (χ1n) is 5.76. The summed E-state index contributed by atoms with van der Waals surface area (Å²) in [5.41, 5.74) is 0.778. The highest BCUT2D eigenvalue weighted by Gasteiger charge is 2.19. The maximum absolute atomic E-state index is 11.1. The standard InChI is InChI=1S/C11H12BrN5O/c12-8-2-1-5-17-10(8)15-11(16-17)14-7-3-4-9(18)13-6-7/h1-2,5,7H,3-4,6H2,(H,13,18)(H,14,16). The van der Waals surface area contributed by atoms with Crippen molar-refractivity contribution in [3.05, 3.63) is 22.8 Å². The van der Waals surface area contributed by atoms with E-state index in [2.05, 4.69) is 36.6 Å². The molecule has 7 heteroatoms. The molecule has 18 heavy (non-hydrogen) atoms. The Hall–Kier alpha value is -1.63. The van der Waals surface area contributed by atoms with Gasteiger partial charge in [-0.2, -0.15) is 4.98 Å². The predicted molar refractivity (Wildman–Crippen MR) is 70.3 cm³/mol. The zero-order valence-corrected chi connectivity index (χ0v) is 11.1. The molecule has 2 aromatic rings. The lowest BCUT2D eigenvalue weighted by molar-refractivity contribution is -0.122. The Balaban J connectivity index is 1.79. The fourth-order valence-electron chi connectivity index (χ4n) is 1.97. The Morgan fingerprint density at radius 3 is 3.17 bits per heavy atom. The van der Waals surface area contributed by atoms with Crippen LogP contribution in [0, 0.1) is 0 Å². The summed E-state index contributed by atoms with van der Waals surface area (Å²) < 4.78 is 2.62. The minimum atomic E-state index is 0.110. The summed E-state index contributed by atoms with van der Waals surface area (Å²) >= 11 is 3.44. The van der Waals surface area contributed by atoms with Crippen molar-refractivity contribution in [1.29, 1.82) is 0 Å². The number of aromatic nitrogens is 3. The second-order valence-electron chi connectivity index (χ2n) is 4.24. The van der Waals surface area contributed by atoms with Gasteiger partial charge in [0.2, 0.25) is 11.9 Å². The fraction of sp³-hybridized carbons (Fsp3) is 0.364. The van der Waals surface area contributed by atoms with Gasteiger partial charge in [0, 0.05) is 25.2 Å². The molecule has 1 unspecified atom stereocenters. The number of amides is 1. The highest BCUT2D eigenvalue weighted by molar-refractivity contribution is 9.10. The van der Waals surface area contributed by atoms with Gasteiger partial charge in [0.25, 0.3) is 0 Å². The summed E-state index contributed by atoms with van der Waals surface area (Å²) in [7, 11) is 0. The van der Waals surface area contributed by atoms with Crippen molar-refractivity contribution in [2.24, 2.45) is 0 Å². The number of anilines is 1. The first-order valence-corrected chi connectivity index (χ1v) is 6.56. The van der Waals surface area contributed by atoms with E-state index in [1.54, 1.807) is 4.52 Å². The molecule has 2 N–H and O–H groups in total. The van der Waals surface area contributed by atoms with Gasteiger partial charge in [-0.05, 0) is 34.5 Å².